The molecule has 1 saturated heterocycles. The van der Waals surface area contributed by atoms with Crippen LogP contribution in [0, 0.1) is 0 Å². The van der Waals surface area contributed by atoms with Gasteiger partial charge in [0.05, 0.1) is 0 Å². The zero-order valence-electron chi connectivity index (χ0n) is 7.43. The van der Waals surface area contributed by atoms with Crippen LogP contribution in [0.3, 0.4) is 0 Å². The maximum Gasteiger partial charge on any atom is 0.00916 e. The molecule has 1 rings (SSSR count). The van der Waals surface area contributed by atoms with Gasteiger partial charge in [-0.2, -0.15) is 0 Å². The fourth-order valence-corrected chi connectivity index (χ4v) is 2.16. The van der Waals surface area contributed by atoms with E-state index in [1.54, 1.807) is 0 Å². The normalized spacial score (nSPS) is 21.5. The van der Waals surface area contributed by atoms with Crippen molar-refractivity contribution in [3.05, 3.63) is 0 Å². The molecule has 72 valence electrons. The lowest BCUT2D eigenvalue weighted by atomic mass is 10.1. The number of alkyl halides is 1. The first-order chi connectivity index (χ1) is 5.83. The molecule has 2 nitrogen and oxygen atoms in total. The summed E-state index contributed by atoms with van der Waals surface area (Å²) in [6.07, 6.45) is 3.93. The van der Waals surface area contributed by atoms with Crippen LogP contribution in [-0.4, -0.2) is 34.8 Å². The van der Waals surface area contributed by atoms with Crippen molar-refractivity contribution < 1.29 is 0 Å². The second-order valence-corrected chi connectivity index (χ2v) is 5.12. The molecule has 12 heavy (non-hydrogen) atoms. The van der Waals surface area contributed by atoms with Crippen molar-refractivity contribution in [2.45, 2.75) is 25.3 Å². The monoisotopic (exact) mass is 300 g/mol. The van der Waals surface area contributed by atoms with E-state index in [2.05, 4.69) is 42.0 Å². The third-order valence-corrected chi connectivity index (χ3v) is 3.55. The van der Waals surface area contributed by atoms with Crippen LogP contribution < -0.4 is 5.32 Å². The summed E-state index contributed by atoms with van der Waals surface area (Å²) in [5.41, 5.74) is 0. The lowest BCUT2D eigenvalue weighted by Crippen LogP contribution is -2.39. The summed E-state index contributed by atoms with van der Waals surface area (Å²) < 4.78 is 3.60. The average molecular weight is 300 g/mol. The Morgan fingerprint density at radius 1 is 1.42 bits per heavy atom. The van der Waals surface area contributed by atoms with E-state index in [9.17, 15) is 0 Å². The van der Waals surface area contributed by atoms with Gasteiger partial charge in [-0.1, -0.05) is 32.0 Å². The first-order valence-electron chi connectivity index (χ1n) is 4.62. The summed E-state index contributed by atoms with van der Waals surface area (Å²) in [7, 11) is 2.78. The lowest BCUT2D eigenvalue weighted by molar-refractivity contribution is 0.308. The van der Waals surface area contributed by atoms with Gasteiger partial charge in [-0.25, -0.2) is 0 Å². The van der Waals surface area contributed by atoms with Gasteiger partial charge in [0.2, 0.25) is 0 Å². The second kappa shape index (κ2) is 6.52. The first-order valence-corrected chi connectivity index (χ1v) is 6.66. The van der Waals surface area contributed by atoms with E-state index in [4.69, 9.17) is 0 Å². The molecule has 4 heteroatoms. The average Bonchev–Trinajstić information content (AvgIpc) is 2.09. The Morgan fingerprint density at radius 3 is 2.67 bits per heavy atom. The van der Waals surface area contributed by atoms with Crippen LogP contribution in [0.25, 0.3) is 0 Å². The van der Waals surface area contributed by atoms with Crippen LogP contribution in [0.2, 0.25) is 0 Å². The Hall–Kier alpha value is 1.08. The number of nitrogens with zero attached hydrogens (tertiary/aromatic N) is 1. The molecule has 0 amide bonds. The number of piperidine rings is 1. The summed E-state index contributed by atoms with van der Waals surface area (Å²) in [5.74, 6) is 0. The first kappa shape index (κ1) is 11.2. The molecule has 0 bridgehead atoms. The highest BCUT2D eigenvalue weighted by atomic mass is 127. The van der Waals surface area contributed by atoms with E-state index in [0.717, 1.165) is 6.04 Å². The van der Waals surface area contributed by atoms with E-state index < -0.39 is 0 Å². The molecular weight excluding hydrogens is 282 g/mol. The SMILES string of the molecule is PN1CCC(NCCCI)CC1. The summed E-state index contributed by atoms with van der Waals surface area (Å²) in [4.78, 5) is 0. The zero-order valence-corrected chi connectivity index (χ0v) is 10.7. The van der Waals surface area contributed by atoms with Crippen molar-refractivity contribution in [2.24, 2.45) is 0 Å². The van der Waals surface area contributed by atoms with Crippen LogP contribution >= 0.6 is 32.0 Å². The maximum atomic E-state index is 3.60. The molecule has 0 aliphatic carbocycles. The Labute approximate surface area is 91.2 Å². The molecular formula is C8H18IN2P. The van der Waals surface area contributed by atoms with Gasteiger partial charge in [0, 0.05) is 23.6 Å². The standard InChI is InChI=1S/C8H18IN2P/c9-4-1-5-10-8-2-6-11(12)7-3-8/h8,10H,1-7,12H2. The lowest BCUT2D eigenvalue weighted by Gasteiger charge is -2.29. The van der Waals surface area contributed by atoms with Gasteiger partial charge in [0.15, 0.2) is 0 Å². The van der Waals surface area contributed by atoms with Gasteiger partial charge >= 0.3 is 0 Å². The molecule has 0 aromatic carbocycles. The highest BCUT2D eigenvalue weighted by Gasteiger charge is 2.15. The highest BCUT2D eigenvalue weighted by Crippen LogP contribution is 2.13. The van der Waals surface area contributed by atoms with Crippen LogP contribution in [0.5, 0.6) is 0 Å². The molecule has 0 aromatic rings. The van der Waals surface area contributed by atoms with E-state index in [0.29, 0.717) is 0 Å². The van der Waals surface area contributed by atoms with Gasteiger partial charge in [-0.3, -0.25) is 4.67 Å². The summed E-state index contributed by atoms with van der Waals surface area (Å²) in [5, 5.41) is 3.60. The van der Waals surface area contributed by atoms with E-state index in [1.807, 2.05) is 0 Å². The van der Waals surface area contributed by atoms with E-state index in [-0.39, 0.29) is 0 Å². The molecule has 0 saturated carbocycles. The summed E-state index contributed by atoms with van der Waals surface area (Å²) >= 11 is 2.43. The number of hydrogen-bond acceptors (Lipinski definition) is 2. The van der Waals surface area contributed by atoms with Crippen molar-refractivity contribution in [3.8, 4) is 0 Å². The third kappa shape index (κ3) is 4.35. The largest absolute Gasteiger partial charge is 0.314 e. The van der Waals surface area contributed by atoms with Crippen molar-refractivity contribution >= 4 is 32.0 Å². The Morgan fingerprint density at radius 2 is 2.08 bits per heavy atom. The summed E-state index contributed by atoms with van der Waals surface area (Å²) in [6, 6.07) is 0.782. The highest BCUT2D eigenvalue weighted by molar-refractivity contribution is 14.1. The zero-order chi connectivity index (χ0) is 8.81. The molecule has 1 aliphatic rings. The number of halogens is 1. The quantitative estimate of drug-likeness (QED) is 0.368. The minimum absolute atomic E-state index is 0.782. The third-order valence-electron chi connectivity index (χ3n) is 2.27. The Bertz CT molecular complexity index is 116. The van der Waals surface area contributed by atoms with Gasteiger partial charge in [-0.15, -0.1) is 0 Å². The van der Waals surface area contributed by atoms with Crippen LogP contribution in [0.4, 0.5) is 0 Å². The topological polar surface area (TPSA) is 15.3 Å². The fraction of sp³-hybridized carbons (Fsp3) is 1.00. The molecule has 1 unspecified atom stereocenters. The predicted molar refractivity (Wildman–Crippen MR) is 65.8 cm³/mol. The van der Waals surface area contributed by atoms with E-state index >= 15 is 0 Å². The fourth-order valence-electron chi connectivity index (χ4n) is 1.48. The van der Waals surface area contributed by atoms with Gasteiger partial charge in [0.25, 0.3) is 0 Å². The number of hydrogen-bond donors (Lipinski definition) is 1. The molecule has 0 radical (unpaired) electrons. The van der Waals surface area contributed by atoms with Crippen molar-refractivity contribution in [1.82, 2.24) is 9.99 Å². The summed E-state index contributed by atoms with van der Waals surface area (Å²) in [6.45, 7) is 3.66. The molecule has 0 spiro atoms. The van der Waals surface area contributed by atoms with E-state index in [1.165, 1.54) is 43.3 Å². The number of nitrogens with one attached hydrogen (secondary N) is 1. The van der Waals surface area contributed by atoms with Crippen LogP contribution in [0.1, 0.15) is 19.3 Å². The second-order valence-electron chi connectivity index (χ2n) is 3.31. The molecule has 1 heterocycles. The van der Waals surface area contributed by atoms with Crippen molar-refractivity contribution in [1.29, 1.82) is 0 Å². The van der Waals surface area contributed by atoms with Crippen LogP contribution in [-0.2, 0) is 0 Å². The van der Waals surface area contributed by atoms with Gasteiger partial charge in [0.1, 0.15) is 0 Å². The van der Waals surface area contributed by atoms with Crippen LogP contribution in [0.15, 0.2) is 0 Å². The molecule has 1 atom stereocenters. The predicted octanol–water partition coefficient (Wildman–Crippen LogP) is 1.66. The smallest absolute Gasteiger partial charge is 0.00916 e. The Kier molecular flexibility index (Phi) is 6.06. The van der Waals surface area contributed by atoms with Gasteiger partial charge in [-0.05, 0) is 25.8 Å². The molecule has 1 fully saturated rings. The number of rotatable bonds is 4. The molecule has 0 aromatic heterocycles. The minimum Gasteiger partial charge on any atom is -0.314 e. The van der Waals surface area contributed by atoms with Crippen molar-refractivity contribution in [2.75, 3.05) is 24.1 Å². The Balaban J connectivity index is 2.01. The van der Waals surface area contributed by atoms with Crippen molar-refractivity contribution in [3.63, 3.8) is 0 Å². The van der Waals surface area contributed by atoms with Gasteiger partial charge < -0.3 is 5.32 Å². The minimum atomic E-state index is 0.782. The molecule has 1 N–H and O–H groups in total. The molecule has 1 aliphatic heterocycles. The maximum absolute atomic E-state index is 3.60.